The molecule has 4 rings (SSSR count). The maximum Gasteiger partial charge on any atom is 0.416 e. The Kier molecular flexibility index (Phi) is 6.38. The third-order valence-electron chi connectivity index (χ3n) is 5.51. The van der Waals surface area contributed by atoms with E-state index in [-0.39, 0.29) is 30.0 Å². The third-order valence-corrected chi connectivity index (χ3v) is 5.51. The molecule has 0 unspecified atom stereocenters. The minimum Gasteiger partial charge on any atom is -0.418 e. The lowest BCUT2D eigenvalue weighted by Crippen LogP contribution is -2.38. The highest BCUT2D eigenvalue weighted by atomic mass is 19.4. The fraction of sp³-hybridized carbons (Fsp3) is 0.304. The van der Waals surface area contributed by atoms with Gasteiger partial charge in [-0.05, 0) is 61.2 Å². The Morgan fingerprint density at radius 3 is 2.59 bits per heavy atom. The van der Waals surface area contributed by atoms with Gasteiger partial charge in [0.05, 0.1) is 16.8 Å². The molecule has 178 valence electrons. The smallest absolute Gasteiger partial charge is 0.416 e. The summed E-state index contributed by atoms with van der Waals surface area (Å²) in [4.78, 5) is 18.7. The molecule has 1 aromatic carbocycles. The normalized spacial score (nSPS) is 14.2. The number of alkyl halides is 3. The molecule has 11 heteroatoms. The summed E-state index contributed by atoms with van der Waals surface area (Å²) in [6.07, 6.45) is -0.336. The second-order valence-corrected chi connectivity index (χ2v) is 7.93. The molecule has 0 bridgehead atoms. The predicted octanol–water partition coefficient (Wildman–Crippen LogP) is 4.58. The number of anilines is 1. The first-order valence-corrected chi connectivity index (χ1v) is 10.5. The average molecular weight is 473 g/mol. The molecule has 0 atom stereocenters. The summed E-state index contributed by atoms with van der Waals surface area (Å²) < 4.78 is 44.2. The van der Waals surface area contributed by atoms with Gasteiger partial charge in [-0.15, -0.1) is 10.2 Å². The van der Waals surface area contributed by atoms with Crippen LogP contribution in [-0.2, 0) is 12.8 Å². The molecule has 3 aromatic rings. The van der Waals surface area contributed by atoms with E-state index in [1.54, 1.807) is 11.1 Å². The van der Waals surface area contributed by atoms with Gasteiger partial charge >= 0.3 is 12.2 Å². The number of urea groups is 1. The van der Waals surface area contributed by atoms with Crippen molar-refractivity contribution in [3.8, 4) is 11.5 Å². The molecule has 1 aliphatic heterocycles. The number of aromatic nitrogens is 3. The van der Waals surface area contributed by atoms with Gasteiger partial charge in [0.15, 0.2) is 0 Å². The number of carbonyl (C=O) groups excluding carboxylic acids is 1. The van der Waals surface area contributed by atoms with E-state index in [1.165, 1.54) is 19.1 Å². The van der Waals surface area contributed by atoms with Crippen LogP contribution in [0.25, 0.3) is 17.0 Å². The second kappa shape index (κ2) is 9.26. The number of hydrogen-bond acceptors (Lipinski definition) is 6. The van der Waals surface area contributed by atoms with Gasteiger partial charge in [0, 0.05) is 25.0 Å². The first-order chi connectivity index (χ1) is 16.2. The first kappa shape index (κ1) is 23.4. The van der Waals surface area contributed by atoms with Crippen molar-refractivity contribution in [3.63, 3.8) is 0 Å². The van der Waals surface area contributed by atoms with Crippen molar-refractivity contribution in [2.45, 2.75) is 33.1 Å². The van der Waals surface area contributed by atoms with Crippen LogP contribution in [0, 0.1) is 13.8 Å². The molecule has 0 spiro atoms. The molecule has 8 nitrogen and oxygen atoms in total. The van der Waals surface area contributed by atoms with Crippen LogP contribution >= 0.6 is 0 Å². The van der Waals surface area contributed by atoms with E-state index in [0.717, 1.165) is 22.9 Å². The summed E-state index contributed by atoms with van der Waals surface area (Å²) in [7, 11) is 0. The van der Waals surface area contributed by atoms with E-state index >= 15 is 0 Å². The van der Waals surface area contributed by atoms with E-state index in [1.807, 2.05) is 19.1 Å². The number of aliphatic hydroxyl groups is 1. The molecule has 3 heterocycles. The highest BCUT2D eigenvalue weighted by Crippen LogP contribution is 2.33. The van der Waals surface area contributed by atoms with Gasteiger partial charge in [0.1, 0.15) is 6.61 Å². The number of halogens is 3. The van der Waals surface area contributed by atoms with Gasteiger partial charge in [-0.2, -0.15) is 13.2 Å². The summed E-state index contributed by atoms with van der Waals surface area (Å²) >= 11 is 0. The van der Waals surface area contributed by atoms with Crippen LogP contribution in [0.3, 0.4) is 0 Å². The zero-order valence-electron chi connectivity index (χ0n) is 18.5. The van der Waals surface area contributed by atoms with Crippen LogP contribution in [0.2, 0.25) is 0 Å². The summed E-state index contributed by atoms with van der Waals surface area (Å²) in [5, 5.41) is 19.3. The van der Waals surface area contributed by atoms with Crippen molar-refractivity contribution >= 4 is 17.3 Å². The van der Waals surface area contributed by atoms with E-state index in [9.17, 15) is 18.0 Å². The minimum absolute atomic E-state index is 0.0456. The Bertz CT molecular complexity index is 1250. The van der Waals surface area contributed by atoms with Crippen molar-refractivity contribution in [2.75, 3.05) is 18.4 Å². The number of amides is 2. The molecule has 2 aromatic heterocycles. The second-order valence-electron chi connectivity index (χ2n) is 7.93. The Morgan fingerprint density at radius 2 is 2.00 bits per heavy atom. The Morgan fingerprint density at radius 1 is 1.21 bits per heavy atom. The molecule has 0 fully saturated rings. The molecule has 1 aliphatic rings. The molecule has 34 heavy (non-hydrogen) atoms. The third kappa shape index (κ3) is 4.93. The van der Waals surface area contributed by atoms with Crippen molar-refractivity contribution in [3.05, 3.63) is 64.8 Å². The Hall–Kier alpha value is -3.73. The lowest BCUT2D eigenvalue weighted by molar-refractivity contribution is -0.138. The van der Waals surface area contributed by atoms with Crippen LogP contribution in [-0.4, -0.2) is 44.3 Å². The van der Waals surface area contributed by atoms with Crippen LogP contribution < -0.4 is 5.32 Å². The fourth-order valence-corrected chi connectivity index (χ4v) is 3.79. The Balaban J connectivity index is 1.42. The van der Waals surface area contributed by atoms with Gasteiger partial charge in [0.2, 0.25) is 11.8 Å². The minimum atomic E-state index is -4.43. The number of aryl methyl sites for hydroxylation is 2. The number of nitrogens with one attached hydrogen (secondary N) is 1. The molecule has 0 saturated carbocycles. The standard InChI is InChI=1S/C23H22F3N5O3/c1-13-10-17(3-4-18(13)23(24,25)26)28-22(33)31-7-5-15(6-8-31)20-14(2)9-16(11-27-20)21-30-29-19(12-32)34-21/h3-5,9-11,32H,6-8,12H2,1-2H3,(H,28,33). The lowest BCUT2D eigenvalue weighted by Gasteiger charge is -2.27. The van der Waals surface area contributed by atoms with E-state index in [2.05, 4.69) is 20.5 Å². The molecule has 0 radical (unpaired) electrons. The van der Waals surface area contributed by atoms with Gasteiger partial charge in [-0.3, -0.25) is 4.98 Å². The van der Waals surface area contributed by atoms with Gasteiger partial charge in [-0.1, -0.05) is 6.08 Å². The summed E-state index contributed by atoms with van der Waals surface area (Å²) in [6.45, 7) is 3.70. The summed E-state index contributed by atoms with van der Waals surface area (Å²) in [6, 6.07) is 5.01. The molecular formula is C23H22F3N5O3. The zero-order chi connectivity index (χ0) is 24.5. The molecule has 0 aliphatic carbocycles. The van der Waals surface area contributed by atoms with Gasteiger partial charge < -0.3 is 19.7 Å². The van der Waals surface area contributed by atoms with Crippen molar-refractivity contribution in [1.29, 1.82) is 0 Å². The lowest BCUT2D eigenvalue weighted by atomic mass is 10.00. The number of rotatable bonds is 4. The van der Waals surface area contributed by atoms with Crippen molar-refractivity contribution in [1.82, 2.24) is 20.1 Å². The maximum absolute atomic E-state index is 12.9. The molecule has 2 N–H and O–H groups in total. The number of pyridine rings is 1. The number of aliphatic hydroxyl groups excluding tert-OH is 1. The number of benzene rings is 1. The number of carbonyl (C=O) groups is 1. The Labute approximate surface area is 193 Å². The van der Waals surface area contributed by atoms with Gasteiger partial charge in [0.25, 0.3) is 0 Å². The molecule has 0 saturated heterocycles. The topological polar surface area (TPSA) is 104 Å². The van der Waals surface area contributed by atoms with E-state index < -0.39 is 11.7 Å². The quantitative estimate of drug-likeness (QED) is 0.575. The zero-order valence-corrected chi connectivity index (χ0v) is 18.5. The first-order valence-electron chi connectivity index (χ1n) is 10.5. The van der Waals surface area contributed by atoms with Crippen LogP contribution in [0.15, 0.2) is 41.0 Å². The van der Waals surface area contributed by atoms with Crippen molar-refractivity contribution in [2.24, 2.45) is 0 Å². The maximum atomic E-state index is 12.9. The highest BCUT2D eigenvalue weighted by molar-refractivity contribution is 5.90. The average Bonchev–Trinajstić information content (AvgIpc) is 3.28. The number of hydrogen-bond donors (Lipinski definition) is 2. The van der Waals surface area contributed by atoms with E-state index in [0.29, 0.717) is 30.8 Å². The molecular weight excluding hydrogens is 451 g/mol. The largest absolute Gasteiger partial charge is 0.418 e. The fourth-order valence-electron chi connectivity index (χ4n) is 3.79. The molecule has 2 amide bonds. The monoisotopic (exact) mass is 473 g/mol. The van der Waals surface area contributed by atoms with E-state index in [4.69, 9.17) is 9.52 Å². The van der Waals surface area contributed by atoms with Crippen molar-refractivity contribution < 1.29 is 27.5 Å². The summed E-state index contributed by atoms with van der Waals surface area (Å²) in [5.74, 6) is 0.390. The van der Waals surface area contributed by atoms with Crippen LogP contribution in [0.1, 0.15) is 34.7 Å². The van der Waals surface area contributed by atoms with Crippen LogP contribution in [0.4, 0.5) is 23.7 Å². The number of nitrogens with zero attached hydrogens (tertiary/aromatic N) is 4. The predicted molar refractivity (Wildman–Crippen MR) is 118 cm³/mol. The summed E-state index contributed by atoms with van der Waals surface area (Å²) in [5.41, 5.74) is 2.94. The van der Waals surface area contributed by atoms with Gasteiger partial charge in [-0.25, -0.2) is 4.79 Å². The van der Waals surface area contributed by atoms with Crippen LogP contribution in [0.5, 0.6) is 0 Å². The SMILES string of the molecule is Cc1cc(NC(=O)N2CC=C(c3ncc(-c4nnc(CO)o4)cc3C)CC2)ccc1C(F)(F)F. The highest BCUT2D eigenvalue weighted by Gasteiger charge is 2.32.